The Hall–Kier alpha value is -5.76. The van der Waals surface area contributed by atoms with E-state index in [1.54, 1.807) is 0 Å². The van der Waals surface area contributed by atoms with Crippen LogP contribution in [0.5, 0.6) is 0 Å². The lowest BCUT2D eigenvalue weighted by Crippen LogP contribution is -1.91. The lowest BCUT2D eigenvalue weighted by atomic mass is 9.85. The molecule has 0 nitrogen and oxygen atoms in total. The third-order valence-electron chi connectivity index (χ3n) is 9.85. The van der Waals surface area contributed by atoms with Crippen molar-refractivity contribution in [1.29, 1.82) is 0 Å². The van der Waals surface area contributed by atoms with Gasteiger partial charge in [-0.05, 0) is 83.2 Å². The Bertz CT molecular complexity index is 2760. The highest BCUT2D eigenvalue weighted by Gasteiger charge is 2.19. The molecule has 0 unspecified atom stereocenters. The van der Waals surface area contributed by atoms with Crippen LogP contribution in [-0.2, 0) is 0 Å². The minimum atomic E-state index is 1.23. The lowest BCUT2D eigenvalue weighted by Gasteiger charge is -2.18. The van der Waals surface area contributed by atoms with Gasteiger partial charge in [-0.2, -0.15) is 0 Å². The molecular weight excluding hydrogens is 585 g/mol. The normalized spacial score (nSPS) is 11.8. The summed E-state index contributed by atoms with van der Waals surface area (Å²) in [6.45, 7) is 0. The second kappa shape index (κ2) is 10.4. The molecule has 0 aliphatic carbocycles. The van der Waals surface area contributed by atoms with Crippen LogP contribution in [0.15, 0.2) is 170 Å². The average molecular weight is 613 g/mol. The molecule has 0 fully saturated rings. The zero-order valence-electron chi connectivity index (χ0n) is 25.6. The fraction of sp³-hybridized carbons (Fsp3) is 0. The molecule has 218 valence electrons. The summed E-state index contributed by atoms with van der Waals surface area (Å²) in [5.41, 5.74) is 7.54. The Morgan fingerprint density at radius 3 is 1.40 bits per heavy atom. The van der Waals surface area contributed by atoms with Crippen LogP contribution in [0.1, 0.15) is 0 Å². The molecule has 0 radical (unpaired) electrons. The summed E-state index contributed by atoms with van der Waals surface area (Å²) in [6, 6.07) is 62.6. The van der Waals surface area contributed by atoms with Crippen molar-refractivity contribution in [3.05, 3.63) is 170 Å². The van der Waals surface area contributed by atoms with Crippen molar-refractivity contribution in [2.24, 2.45) is 0 Å². The van der Waals surface area contributed by atoms with Gasteiger partial charge in [0.2, 0.25) is 0 Å². The zero-order chi connectivity index (χ0) is 30.9. The van der Waals surface area contributed by atoms with Gasteiger partial charge in [-0.3, -0.25) is 0 Å². The summed E-state index contributed by atoms with van der Waals surface area (Å²) < 4.78 is 2.71. The minimum Gasteiger partial charge on any atom is -0.135 e. The second-order valence-corrected chi connectivity index (χ2v) is 13.4. The summed E-state index contributed by atoms with van der Waals surface area (Å²) in [5.74, 6) is 0. The lowest BCUT2D eigenvalue weighted by molar-refractivity contribution is 1.61. The topological polar surface area (TPSA) is 0 Å². The monoisotopic (exact) mass is 612 g/mol. The van der Waals surface area contributed by atoms with Crippen molar-refractivity contribution in [3.8, 4) is 33.4 Å². The van der Waals surface area contributed by atoms with Crippen LogP contribution in [0.4, 0.5) is 0 Å². The van der Waals surface area contributed by atoms with Crippen LogP contribution in [0.25, 0.3) is 96.6 Å². The number of hydrogen-bond acceptors (Lipinski definition) is 1. The number of hydrogen-bond donors (Lipinski definition) is 0. The van der Waals surface area contributed by atoms with Crippen LogP contribution >= 0.6 is 11.3 Å². The van der Waals surface area contributed by atoms with Crippen LogP contribution in [0.2, 0.25) is 0 Å². The number of fused-ring (bicyclic) bond motifs is 10. The fourth-order valence-electron chi connectivity index (χ4n) is 7.77. The SMILES string of the molecule is c1ccc(-c2ccc(-c3c4ccccc4c(-c4ccc5c(c4)c4ccccc4c4c6ccccc6sc54)c4ccccc34)cc2)cc1. The Balaban J connectivity index is 1.25. The molecule has 1 aromatic heterocycles. The van der Waals surface area contributed by atoms with Gasteiger partial charge in [-0.1, -0.05) is 158 Å². The van der Waals surface area contributed by atoms with Gasteiger partial charge in [-0.15, -0.1) is 11.3 Å². The van der Waals surface area contributed by atoms with E-state index in [1.807, 2.05) is 11.3 Å². The number of thiophene rings is 1. The zero-order valence-corrected chi connectivity index (χ0v) is 26.4. The summed E-state index contributed by atoms with van der Waals surface area (Å²) in [4.78, 5) is 0. The Labute approximate surface area is 276 Å². The molecule has 10 rings (SSSR count). The third kappa shape index (κ3) is 4.00. The van der Waals surface area contributed by atoms with Gasteiger partial charge in [0.15, 0.2) is 0 Å². The molecule has 0 saturated carbocycles. The van der Waals surface area contributed by atoms with E-state index in [0.717, 1.165) is 0 Å². The smallest absolute Gasteiger partial charge is 0.0440 e. The molecule has 47 heavy (non-hydrogen) atoms. The van der Waals surface area contributed by atoms with Gasteiger partial charge in [-0.25, -0.2) is 0 Å². The molecule has 0 aliphatic heterocycles. The largest absolute Gasteiger partial charge is 0.135 e. The molecule has 0 N–H and O–H groups in total. The van der Waals surface area contributed by atoms with E-state index >= 15 is 0 Å². The summed E-state index contributed by atoms with van der Waals surface area (Å²) in [7, 11) is 0. The van der Waals surface area contributed by atoms with Gasteiger partial charge in [0.05, 0.1) is 0 Å². The van der Waals surface area contributed by atoms with Crippen molar-refractivity contribution in [2.45, 2.75) is 0 Å². The predicted octanol–water partition coefficient (Wildman–Crippen LogP) is 13.7. The van der Waals surface area contributed by atoms with E-state index in [2.05, 4.69) is 170 Å². The van der Waals surface area contributed by atoms with Gasteiger partial charge < -0.3 is 0 Å². The van der Waals surface area contributed by atoms with Crippen molar-refractivity contribution in [1.82, 2.24) is 0 Å². The van der Waals surface area contributed by atoms with Gasteiger partial charge in [0.25, 0.3) is 0 Å². The van der Waals surface area contributed by atoms with Crippen molar-refractivity contribution in [2.75, 3.05) is 0 Å². The van der Waals surface area contributed by atoms with Crippen LogP contribution in [0.3, 0.4) is 0 Å². The maximum atomic E-state index is 2.45. The highest BCUT2D eigenvalue weighted by Crippen LogP contribution is 2.47. The van der Waals surface area contributed by atoms with E-state index < -0.39 is 0 Å². The minimum absolute atomic E-state index is 1.23. The van der Waals surface area contributed by atoms with E-state index in [0.29, 0.717) is 0 Å². The fourth-order valence-corrected chi connectivity index (χ4v) is 9.03. The maximum absolute atomic E-state index is 2.45. The first-order valence-corrected chi connectivity index (χ1v) is 17.0. The molecular formula is C46H28S. The summed E-state index contributed by atoms with van der Waals surface area (Å²) in [6.07, 6.45) is 0. The summed E-state index contributed by atoms with van der Waals surface area (Å²) >= 11 is 1.91. The molecule has 0 amide bonds. The van der Waals surface area contributed by atoms with E-state index in [1.165, 1.54) is 96.6 Å². The standard InChI is InChI=1S/C46H28S/c1-2-12-29(13-3-1)30-22-24-31(25-23-30)43-35-16-6-8-18-37(35)44(38-19-9-7-17-36(38)43)32-26-27-39-41(28-32)33-14-4-5-15-34(33)45-40-20-10-11-21-42(40)47-46(39)45/h1-28H. The molecule has 0 aliphatic rings. The van der Waals surface area contributed by atoms with Gasteiger partial charge in [0.1, 0.15) is 0 Å². The molecule has 0 atom stereocenters. The van der Waals surface area contributed by atoms with Crippen LogP contribution in [-0.4, -0.2) is 0 Å². The first kappa shape index (κ1) is 26.5. The van der Waals surface area contributed by atoms with Crippen LogP contribution in [0, 0.1) is 0 Å². The first-order chi connectivity index (χ1) is 23.3. The Morgan fingerprint density at radius 1 is 0.277 bits per heavy atom. The molecule has 0 spiro atoms. The molecule has 1 heterocycles. The molecule has 0 bridgehead atoms. The van der Waals surface area contributed by atoms with Gasteiger partial charge >= 0.3 is 0 Å². The molecule has 9 aromatic carbocycles. The van der Waals surface area contributed by atoms with E-state index in [4.69, 9.17) is 0 Å². The van der Waals surface area contributed by atoms with Crippen LogP contribution < -0.4 is 0 Å². The molecule has 0 saturated heterocycles. The van der Waals surface area contributed by atoms with Crippen molar-refractivity contribution < 1.29 is 0 Å². The average Bonchev–Trinajstić information content (AvgIpc) is 3.54. The van der Waals surface area contributed by atoms with E-state index in [-0.39, 0.29) is 0 Å². The second-order valence-electron chi connectivity index (χ2n) is 12.4. The molecule has 10 aromatic rings. The number of benzene rings is 9. The highest BCUT2D eigenvalue weighted by atomic mass is 32.1. The Kier molecular flexibility index (Phi) is 5.85. The summed E-state index contributed by atoms with van der Waals surface area (Å²) in [5, 5.41) is 13.1. The first-order valence-electron chi connectivity index (χ1n) is 16.2. The van der Waals surface area contributed by atoms with Crippen molar-refractivity contribution in [3.63, 3.8) is 0 Å². The van der Waals surface area contributed by atoms with Gasteiger partial charge in [0, 0.05) is 25.6 Å². The maximum Gasteiger partial charge on any atom is 0.0440 e. The quantitative estimate of drug-likeness (QED) is 0.138. The number of rotatable bonds is 3. The third-order valence-corrected chi connectivity index (χ3v) is 11.1. The van der Waals surface area contributed by atoms with E-state index in [9.17, 15) is 0 Å². The molecule has 1 heteroatoms. The predicted molar refractivity (Wildman–Crippen MR) is 206 cm³/mol. The van der Waals surface area contributed by atoms with Crippen molar-refractivity contribution >= 4 is 74.6 Å². The Morgan fingerprint density at radius 2 is 0.745 bits per heavy atom. The highest BCUT2D eigenvalue weighted by molar-refractivity contribution is 7.27.